The van der Waals surface area contributed by atoms with E-state index in [0.29, 0.717) is 17.8 Å². The predicted molar refractivity (Wildman–Crippen MR) is 82.1 cm³/mol. The third kappa shape index (κ3) is 5.42. The largest absolute Gasteiger partial charge is 0.316 e. The molecule has 0 aromatic heterocycles. The summed E-state index contributed by atoms with van der Waals surface area (Å²) < 4.78 is 23.4. The van der Waals surface area contributed by atoms with Crippen molar-refractivity contribution in [1.29, 1.82) is 0 Å². The van der Waals surface area contributed by atoms with Crippen LogP contribution in [0.2, 0.25) is 0 Å². The molecule has 1 aliphatic carbocycles. The van der Waals surface area contributed by atoms with Crippen LogP contribution in [-0.2, 0) is 9.84 Å². The second-order valence-corrected chi connectivity index (χ2v) is 8.74. The maximum absolute atomic E-state index is 11.7. The first-order valence-electron chi connectivity index (χ1n) is 7.75. The lowest BCUT2D eigenvalue weighted by atomic mass is 9.75. The number of nitrogens with one attached hydrogen (secondary N) is 1. The van der Waals surface area contributed by atoms with Crippen molar-refractivity contribution in [2.45, 2.75) is 58.1 Å². The molecule has 1 N–H and O–H groups in total. The van der Waals surface area contributed by atoms with Gasteiger partial charge in [-0.05, 0) is 50.1 Å². The van der Waals surface area contributed by atoms with Gasteiger partial charge in [-0.3, -0.25) is 0 Å². The van der Waals surface area contributed by atoms with Crippen molar-refractivity contribution in [1.82, 2.24) is 5.32 Å². The summed E-state index contributed by atoms with van der Waals surface area (Å²) in [6.45, 7) is 8.90. The Balaban J connectivity index is 2.49. The molecule has 0 spiro atoms. The monoisotopic (exact) mass is 289 g/mol. The minimum atomic E-state index is -2.85. The van der Waals surface area contributed by atoms with Gasteiger partial charge in [0.05, 0.1) is 5.25 Å². The van der Waals surface area contributed by atoms with Crippen molar-refractivity contribution >= 4 is 9.84 Å². The molecule has 0 saturated heterocycles. The Kier molecular flexibility index (Phi) is 6.81. The van der Waals surface area contributed by atoms with Gasteiger partial charge in [0.15, 0.2) is 0 Å². The second kappa shape index (κ2) is 7.63. The molecule has 3 nitrogen and oxygen atoms in total. The highest BCUT2D eigenvalue weighted by atomic mass is 32.2. The van der Waals surface area contributed by atoms with Crippen LogP contribution in [0.5, 0.6) is 0 Å². The predicted octanol–water partition coefficient (Wildman–Crippen LogP) is 2.86. The molecular formula is C15H31NO2S. The molecule has 4 unspecified atom stereocenters. The van der Waals surface area contributed by atoms with Crippen LogP contribution in [0.1, 0.15) is 52.9 Å². The van der Waals surface area contributed by atoms with Crippen molar-refractivity contribution in [3.05, 3.63) is 0 Å². The van der Waals surface area contributed by atoms with Crippen LogP contribution in [0.4, 0.5) is 0 Å². The van der Waals surface area contributed by atoms with Gasteiger partial charge in [-0.2, -0.15) is 0 Å². The molecule has 0 bridgehead atoms. The number of sulfone groups is 1. The van der Waals surface area contributed by atoms with Crippen LogP contribution in [0, 0.1) is 17.8 Å². The number of hydrogen-bond acceptors (Lipinski definition) is 3. The molecule has 0 aromatic rings. The Bertz CT molecular complexity index is 353. The molecule has 0 heterocycles. The van der Waals surface area contributed by atoms with Gasteiger partial charge in [-0.1, -0.05) is 33.6 Å². The van der Waals surface area contributed by atoms with Gasteiger partial charge in [0.25, 0.3) is 0 Å². The topological polar surface area (TPSA) is 46.2 Å². The van der Waals surface area contributed by atoms with Gasteiger partial charge in [0, 0.05) is 6.26 Å². The Morgan fingerprint density at radius 2 is 1.95 bits per heavy atom. The SMILES string of the molecule is CCCNCC(C)C(C)C1CCCC(S(C)(=O)=O)C1. The van der Waals surface area contributed by atoms with Crippen molar-refractivity contribution in [2.24, 2.45) is 17.8 Å². The van der Waals surface area contributed by atoms with Crippen molar-refractivity contribution in [3.63, 3.8) is 0 Å². The molecule has 0 aromatic carbocycles. The molecule has 19 heavy (non-hydrogen) atoms. The molecule has 1 rings (SSSR count). The lowest BCUT2D eigenvalue weighted by Crippen LogP contribution is -2.34. The zero-order chi connectivity index (χ0) is 14.5. The summed E-state index contributed by atoms with van der Waals surface area (Å²) in [5.74, 6) is 1.80. The van der Waals surface area contributed by atoms with E-state index in [-0.39, 0.29) is 5.25 Å². The van der Waals surface area contributed by atoms with E-state index in [1.54, 1.807) is 0 Å². The molecule has 1 aliphatic rings. The average Bonchev–Trinajstić information content (AvgIpc) is 2.37. The molecule has 1 saturated carbocycles. The maximum Gasteiger partial charge on any atom is 0.150 e. The van der Waals surface area contributed by atoms with Crippen molar-refractivity contribution in [2.75, 3.05) is 19.3 Å². The summed E-state index contributed by atoms with van der Waals surface area (Å²) in [5, 5.41) is 3.38. The van der Waals surface area contributed by atoms with Gasteiger partial charge >= 0.3 is 0 Å². The van der Waals surface area contributed by atoms with Gasteiger partial charge < -0.3 is 5.32 Å². The summed E-state index contributed by atoms with van der Waals surface area (Å²) in [7, 11) is -2.85. The van der Waals surface area contributed by atoms with E-state index in [0.717, 1.165) is 32.4 Å². The fourth-order valence-corrected chi connectivity index (χ4v) is 4.40. The zero-order valence-electron chi connectivity index (χ0n) is 13.0. The smallest absolute Gasteiger partial charge is 0.150 e. The lowest BCUT2D eigenvalue weighted by Gasteiger charge is -2.35. The van der Waals surface area contributed by atoms with Crippen LogP contribution in [0.3, 0.4) is 0 Å². The van der Waals surface area contributed by atoms with Crippen molar-refractivity contribution in [3.8, 4) is 0 Å². The van der Waals surface area contributed by atoms with Gasteiger partial charge in [-0.25, -0.2) is 8.42 Å². The highest BCUT2D eigenvalue weighted by molar-refractivity contribution is 7.91. The Morgan fingerprint density at radius 1 is 1.26 bits per heavy atom. The van der Waals surface area contributed by atoms with E-state index in [1.807, 2.05) is 0 Å². The first-order valence-corrected chi connectivity index (χ1v) is 9.71. The molecule has 4 heteroatoms. The lowest BCUT2D eigenvalue weighted by molar-refractivity contribution is 0.202. The van der Waals surface area contributed by atoms with Crippen LogP contribution in [0.15, 0.2) is 0 Å². The van der Waals surface area contributed by atoms with Gasteiger partial charge in [0.1, 0.15) is 9.84 Å². The summed E-state index contributed by atoms with van der Waals surface area (Å²) in [5.41, 5.74) is 0. The Morgan fingerprint density at radius 3 is 2.53 bits per heavy atom. The van der Waals surface area contributed by atoms with Gasteiger partial charge in [-0.15, -0.1) is 0 Å². The molecule has 0 radical (unpaired) electrons. The highest BCUT2D eigenvalue weighted by Gasteiger charge is 2.32. The molecule has 114 valence electrons. The number of hydrogen-bond donors (Lipinski definition) is 1. The summed E-state index contributed by atoms with van der Waals surface area (Å²) >= 11 is 0. The number of rotatable bonds is 7. The third-order valence-electron chi connectivity index (χ3n) is 4.81. The van der Waals surface area contributed by atoms with Gasteiger partial charge in [0.2, 0.25) is 0 Å². The summed E-state index contributed by atoms with van der Waals surface area (Å²) in [6.07, 6.45) is 6.58. The van der Waals surface area contributed by atoms with Crippen molar-refractivity contribution < 1.29 is 8.42 Å². The summed E-state index contributed by atoms with van der Waals surface area (Å²) in [6, 6.07) is 0. The molecular weight excluding hydrogens is 258 g/mol. The van der Waals surface area contributed by atoms with E-state index in [9.17, 15) is 8.42 Å². The molecule has 0 aliphatic heterocycles. The van der Waals surface area contributed by atoms with E-state index in [2.05, 4.69) is 26.1 Å². The van der Waals surface area contributed by atoms with E-state index in [1.165, 1.54) is 19.1 Å². The van der Waals surface area contributed by atoms with E-state index < -0.39 is 9.84 Å². The maximum atomic E-state index is 11.7. The van der Waals surface area contributed by atoms with Crippen LogP contribution < -0.4 is 5.32 Å². The van der Waals surface area contributed by atoms with Crippen LogP contribution >= 0.6 is 0 Å². The van der Waals surface area contributed by atoms with E-state index >= 15 is 0 Å². The second-order valence-electron chi connectivity index (χ2n) is 6.42. The quantitative estimate of drug-likeness (QED) is 0.733. The normalized spacial score (nSPS) is 28.0. The standard InChI is InChI=1S/C15H31NO2S/c1-5-9-16-11-12(2)13(3)14-7-6-8-15(10-14)19(4,17)18/h12-16H,5-11H2,1-4H3. The molecule has 0 amide bonds. The minimum Gasteiger partial charge on any atom is -0.316 e. The highest BCUT2D eigenvalue weighted by Crippen LogP contribution is 2.36. The fraction of sp³-hybridized carbons (Fsp3) is 1.00. The van der Waals surface area contributed by atoms with Crippen LogP contribution in [0.25, 0.3) is 0 Å². The first-order chi connectivity index (χ1) is 8.86. The molecule has 4 atom stereocenters. The Hall–Kier alpha value is -0.0900. The zero-order valence-corrected chi connectivity index (χ0v) is 13.8. The van der Waals surface area contributed by atoms with E-state index in [4.69, 9.17) is 0 Å². The van der Waals surface area contributed by atoms with Crippen LogP contribution in [-0.4, -0.2) is 33.0 Å². The third-order valence-corrected chi connectivity index (χ3v) is 6.45. The first kappa shape index (κ1) is 17.0. The molecule has 1 fully saturated rings. The minimum absolute atomic E-state index is 0.0931. The fourth-order valence-electron chi connectivity index (χ4n) is 3.20. The summed E-state index contributed by atoms with van der Waals surface area (Å²) in [4.78, 5) is 0. The average molecular weight is 289 g/mol. The Labute approximate surface area is 119 Å².